The van der Waals surface area contributed by atoms with Crippen LogP contribution in [0.2, 0.25) is 0 Å². The number of amides is 1. The molecule has 9 heteroatoms. The third kappa shape index (κ3) is 4.39. The maximum atomic E-state index is 13.0. The molecule has 146 valence electrons. The molecule has 2 fully saturated rings. The zero-order chi connectivity index (χ0) is 18.5. The van der Waals surface area contributed by atoms with Crippen LogP contribution in [0.5, 0.6) is 0 Å². The minimum absolute atomic E-state index is 0.119. The van der Waals surface area contributed by atoms with Gasteiger partial charge in [-0.1, -0.05) is 0 Å². The highest BCUT2D eigenvalue weighted by Crippen LogP contribution is 2.25. The molecule has 9 nitrogen and oxygen atoms in total. The van der Waals surface area contributed by atoms with Gasteiger partial charge in [0.15, 0.2) is 5.82 Å². The Labute approximate surface area is 154 Å². The van der Waals surface area contributed by atoms with Gasteiger partial charge in [-0.2, -0.15) is 0 Å². The molecular weight excluding hydrogens is 336 g/mol. The van der Waals surface area contributed by atoms with Crippen LogP contribution in [-0.4, -0.2) is 88.5 Å². The SMILES string of the molecule is COCCn1nnnc1[C@H]1CN(C(=O)C2CCN(C(C)C)CC2)CCO1. The molecule has 0 aliphatic carbocycles. The van der Waals surface area contributed by atoms with Gasteiger partial charge in [-0.15, -0.1) is 5.10 Å². The van der Waals surface area contributed by atoms with E-state index < -0.39 is 0 Å². The lowest BCUT2D eigenvalue weighted by molar-refractivity contribution is -0.145. The van der Waals surface area contributed by atoms with E-state index in [-0.39, 0.29) is 17.9 Å². The van der Waals surface area contributed by atoms with Crippen LogP contribution in [0.4, 0.5) is 0 Å². The van der Waals surface area contributed by atoms with Crippen molar-refractivity contribution in [1.82, 2.24) is 30.0 Å². The summed E-state index contributed by atoms with van der Waals surface area (Å²) < 4.78 is 12.6. The maximum absolute atomic E-state index is 13.0. The second-order valence-electron chi connectivity index (χ2n) is 7.30. The van der Waals surface area contributed by atoms with Crippen molar-refractivity contribution in [3.63, 3.8) is 0 Å². The first-order valence-electron chi connectivity index (χ1n) is 9.49. The summed E-state index contributed by atoms with van der Waals surface area (Å²) in [7, 11) is 1.64. The minimum atomic E-state index is -0.282. The number of morpholine rings is 1. The van der Waals surface area contributed by atoms with E-state index in [1.165, 1.54) is 0 Å². The van der Waals surface area contributed by atoms with Crippen molar-refractivity contribution in [2.24, 2.45) is 5.92 Å². The largest absolute Gasteiger partial charge is 0.383 e. The number of hydrogen-bond donors (Lipinski definition) is 0. The van der Waals surface area contributed by atoms with E-state index in [0.717, 1.165) is 25.9 Å². The Morgan fingerprint density at radius 3 is 2.77 bits per heavy atom. The zero-order valence-electron chi connectivity index (χ0n) is 16.0. The van der Waals surface area contributed by atoms with Crippen molar-refractivity contribution in [3.05, 3.63) is 5.82 Å². The van der Waals surface area contributed by atoms with Crippen LogP contribution in [0, 0.1) is 5.92 Å². The lowest BCUT2D eigenvalue weighted by Crippen LogP contribution is -2.48. The fourth-order valence-corrected chi connectivity index (χ4v) is 3.71. The monoisotopic (exact) mass is 366 g/mol. The summed E-state index contributed by atoms with van der Waals surface area (Å²) in [5, 5.41) is 11.9. The fraction of sp³-hybridized carbons (Fsp3) is 0.882. The molecule has 1 aromatic rings. The quantitative estimate of drug-likeness (QED) is 0.718. The Hall–Kier alpha value is -1.58. The first kappa shape index (κ1) is 19.2. The Bertz CT molecular complexity index is 585. The van der Waals surface area contributed by atoms with Gasteiger partial charge < -0.3 is 19.3 Å². The predicted molar refractivity (Wildman–Crippen MR) is 94.4 cm³/mol. The highest BCUT2D eigenvalue weighted by atomic mass is 16.5. The van der Waals surface area contributed by atoms with E-state index in [9.17, 15) is 4.79 Å². The Morgan fingerprint density at radius 1 is 1.31 bits per heavy atom. The Kier molecular flexibility index (Phi) is 6.55. The van der Waals surface area contributed by atoms with Crippen LogP contribution in [-0.2, 0) is 20.8 Å². The average Bonchev–Trinajstić information content (AvgIpc) is 3.14. The van der Waals surface area contributed by atoms with Crippen LogP contribution in [0.25, 0.3) is 0 Å². The third-order valence-corrected chi connectivity index (χ3v) is 5.34. The number of likely N-dealkylation sites (tertiary alicyclic amines) is 1. The van der Waals surface area contributed by atoms with E-state index in [1.807, 2.05) is 4.90 Å². The van der Waals surface area contributed by atoms with E-state index in [2.05, 4.69) is 34.3 Å². The number of carbonyl (C=O) groups excluding carboxylic acids is 1. The number of rotatable bonds is 6. The molecule has 0 spiro atoms. The molecule has 1 atom stereocenters. The summed E-state index contributed by atoms with van der Waals surface area (Å²) >= 11 is 0. The highest BCUT2D eigenvalue weighted by Gasteiger charge is 2.34. The smallest absolute Gasteiger partial charge is 0.225 e. The molecule has 2 aliphatic heterocycles. The average molecular weight is 366 g/mol. The molecule has 0 saturated carbocycles. The first-order chi connectivity index (χ1) is 12.6. The second-order valence-corrected chi connectivity index (χ2v) is 7.30. The van der Waals surface area contributed by atoms with Crippen LogP contribution in [0.15, 0.2) is 0 Å². The van der Waals surface area contributed by atoms with E-state index in [4.69, 9.17) is 9.47 Å². The minimum Gasteiger partial charge on any atom is -0.383 e. The molecular formula is C17H30N6O3. The lowest BCUT2D eigenvalue weighted by atomic mass is 9.94. The summed E-state index contributed by atoms with van der Waals surface area (Å²) in [4.78, 5) is 17.3. The van der Waals surface area contributed by atoms with Gasteiger partial charge in [0.25, 0.3) is 0 Å². The van der Waals surface area contributed by atoms with E-state index >= 15 is 0 Å². The molecule has 26 heavy (non-hydrogen) atoms. The predicted octanol–water partition coefficient (Wildman–Crippen LogP) is 0.340. The van der Waals surface area contributed by atoms with Crippen LogP contribution in [0.3, 0.4) is 0 Å². The summed E-state index contributed by atoms with van der Waals surface area (Å²) in [6.07, 6.45) is 1.59. The van der Waals surface area contributed by atoms with Gasteiger partial charge in [-0.3, -0.25) is 4.79 Å². The molecule has 2 aliphatic rings. The maximum Gasteiger partial charge on any atom is 0.225 e. The normalized spacial score (nSPS) is 22.9. The molecule has 0 aromatic carbocycles. The second kappa shape index (κ2) is 8.88. The van der Waals surface area contributed by atoms with Gasteiger partial charge in [-0.05, 0) is 50.2 Å². The molecule has 3 rings (SSSR count). The van der Waals surface area contributed by atoms with Gasteiger partial charge in [0, 0.05) is 25.6 Å². The molecule has 0 radical (unpaired) electrons. The Balaban J connectivity index is 1.58. The lowest BCUT2D eigenvalue weighted by Gasteiger charge is -2.38. The van der Waals surface area contributed by atoms with Gasteiger partial charge >= 0.3 is 0 Å². The number of ether oxygens (including phenoxy) is 2. The van der Waals surface area contributed by atoms with E-state index in [0.29, 0.717) is 44.7 Å². The van der Waals surface area contributed by atoms with Crippen molar-refractivity contribution in [1.29, 1.82) is 0 Å². The molecule has 3 heterocycles. The number of aromatic nitrogens is 4. The summed E-state index contributed by atoms with van der Waals surface area (Å²) in [6, 6.07) is 0.546. The molecule has 1 amide bonds. The van der Waals surface area contributed by atoms with Gasteiger partial charge in [0.2, 0.25) is 5.91 Å². The number of hydrogen-bond acceptors (Lipinski definition) is 7. The topological polar surface area (TPSA) is 85.6 Å². The van der Waals surface area contributed by atoms with Gasteiger partial charge in [-0.25, -0.2) is 4.68 Å². The zero-order valence-corrected chi connectivity index (χ0v) is 16.0. The molecule has 0 bridgehead atoms. The number of nitrogens with zero attached hydrogens (tertiary/aromatic N) is 6. The van der Waals surface area contributed by atoms with Crippen LogP contribution >= 0.6 is 0 Å². The summed E-state index contributed by atoms with van der Waals surface area (Å²) in [6.45, 7) is 9.18. The van der Waals surface area contributed by atoms with Gasteiger partial charge in [0.05, 0.1) is 26.3 Å². The summed E-state index contributed by atoms with van der Waals surface area (Å²) in [5.74, 6) is 1.03. The van der Waals surface area contributed by atoms with Crippen molar-refractivity contribution in [2.75, 3.05) is 46.5 Å². The molecule has 0 N–H and O–H groups in total. The summed E-state index contributed by atoms with van der Waals surface area (Å²) in [5.41, 5.74) is 0. The van der Waals surface area contributed by atoms with Crippen molar-refractivity contribution in [2.45, 2.75) is 45.4 Å². The van der Waals surface area contributed by atoms with Crippen LogP contribution < -0.4 is 0 Å². The standard InChI is InChI=1S/C17H30N6O3/c1-13(2)21-6-4-14(5-7-21)17(24)22-8-11-26-15(12-22)16-18-19-20-23(16)9-10-25-3/h13-15H,4-12H2,1-3H3/t15-/m1/s1. The molecule has 0 unspecified atom stereocenters. The van der Waals surface area contributed by atoms with Gasteiger partial charge in [0.1, 0.15) is 6.10 Å². The molecule has 2 saturated heterocycles. The number of methoxy groups -OCH3 is 1. The van der Waals surface area contributed by atoms with Crippen molar-refractivity contribution in [3.8, 4) is 0 Å². The number of carbonyl (C=O) groups is 1. The molecule has 1 aromatic heterocycles. The van der Waals surface area contributed by atoms with Crippen molar-refractivity contribution < 1.29 is 14.3 Å². The van der Waals surface area contributed by atoms with Crippen molar-refractivity contribution >= 4 is 5.91 Å². The Morgan fingerprint density at radius 2 is 2.08 bits per heavy atom. The first-order valence-corrected chi connectivity index (χ1v) is 9.49. The number of tetrazole rings is 1. The fourth-order valence-electron chi connectivity index (χ4n) is 3.71. The number of piperidine rings is 1. The third-order valence-electron chi connectivity index (χ3n) is 5.34. The van der Waals surface area contributed by atoms with E-state index in [1.54, 1.807) is 11.8 Å². The highest BCUT2D eigenvalue weighted by molar-refractivity contribution is 5.79. The van der Waals surface area contributed by atoms with Crippen LogP contribution in [0.1, 0.15) is 38.6 Å².